The summed E-state index contributed by atoms with van der Waals surface area (Å²) in [4.78, 5) is 23.3. The summed E-state index contributed by atoms with van der Waals surface area (Å²) >= 11 is 1.65. The number of aryl methyl sites for hydroxylation is 1. The summed E-state index contributed by atoms with van der Waals surface area (Å²) in [6.07, 6.45) is 3.08. The van der Waals surface area contributed by atoms with Crippen LogP contribution in [0.4, 0.5) is 5.69 Å². The van der Waals surface area contributed by atoms with Crippen LogP contribution >= 0.6 is 11.8 Å². The second-order valence-electron chi connectivity index (χ2n) is 4.65. The van der Waals surface area contributed by atoms with E-state index in [-0.39, 0.29) is 16.7 Å². The van der Waals surface area contributed by atoms with Crippen molar-refractivity contribution in [3.63, 3.8) is 0 Å². The Hall–Kier alpha value is -1.49. The monoisotopic (exact) mass is 279 g/mol. The Kier molecular flexibility index (Phi) is 4.47. The third-order valence-corrected chi connectivity index (χ3v) is 4.60. The Bertz CT molecular complexity index is 495. The fourth-order valence-electron chi connectivity index (χ4n) is 2.16. The first kappa shape index (κ1) is 13.9. The molecular weight excluding hydrogens is 262 g/mol. The predicted octanol–water partition coefficient (Wildman–Crippen LogP) is 2.92. The molecule has 1 aliphatic heterocycles. The van der Waals surface area contributed by atoms with Gasteiger partial charge in [-0.25, -0.2) is 4.79 Å². The number of amides is 1. The number of carboxylic acids is 1. The Morgan fingerprint density at radius 1 is 1.37 bits per heavy atom. The van der Waals surface area contributed by atoms with Crippen LogP contribution in [0.15, 0.2) is 18.2 Å². The fraction of sp³-hybridized carbons (Fsp3) is 0.429. The largest absolute Gasteiger partial charge is 0.478 e. The average molecular weight is 279 g/mol. The van der Waals surface area contributed by atoms with Crippen LogP contribution in [-0.4, -0.2) is 28.0 Å². The molecule has 1 aromatic rings. The van der Waals surface area contributed by atoms with Crippen molar-refractivity contribution in [3.8, 4) is 0 Å². The number of hydrogen-bond acceptors (Lipinski definition) is 3. The molecule has 4 nitrogen and oxygen atoms in total. The smallest absolute Gasteiger partial charge is 0.337 e. The predicted molar refractivity (Wildman–Crippen MR) is 76.9 cm³/mol. The van der Waals surface area contributed by atoms with Gasteiger partial charge in [0, 0.05) is 0 Å². The number of thioether (sulfide) groups is 1. The molecule has 0 aliphatic carbocycles. The highest BCUT2D eigenvalue weighted by molar-refractivity contribution is 8.00. The second-order valence-corrected chi connectivity index (χ2v) is 5.96. The number of carbonyl (C=O) groups excluding carboxylic acids is 1. The Labute approximate surface area is 116 Å². The number of nitrogens with one attached hydrogen (secondary N) is 1. The molecule has 1 saturated heterocycles. The lowest BCUT2D eigenvalue weighted by molar-refractivity contribution is -0.115. The van der Waals surface area contributed by atoms with E-state index in [2.05, 4.69) is 5.32 Å². The summed E-state index contributed by atoms with van der Waals surface area (Å²) in [5.41, 5.74) is 1.34. The fourth-order valence-corrected chi connectivity index (χ4v) is 3.36. The molecule has 1 aromatic carbocycles. The first-order chi connectivity index (χ1) is 9.09. The SMILES string of the molecule is Cc1cccc(C(=O)O)c1NC(=O)C1CCCCS1. The quantitative estimate of drug-likeness (QED) is 0.892. The molecule has 0 radical (unpaired) electrons. The van der Waals surface area contributed by atoms with Gasteiger partial charge in [-0.05, 0) is 37.1 Å². The zero-order chi connectivity index (χ0) is 13.8. The molecule has 0 saturated carbocycles. The first-order valence-corrected chi connectivity index (χ1v) is 7.40. The second kappa shape index (κ2) is 6.10. The normalized spacial score (nSPS) is 18.9. The third kappa shape index (κ3) is 3.29. The van der Waals surface area contributed by atoms with Gasteiger partial charge in [-0.2, -0.15) is 0 Å². The number of aromatic carboxylic acids is 1. The summed E-state index contributed by atoms with van der Waals surface area (Å²) in [7, 11) is 0. The summed E-state index contributed by atoms with van der Waals surface area (Å²) < 4.78 is 0. The average Bonchev–Trinajstić information content (AvgIpc) is 2.41. The van der Waals surface area contributed by atoms with E-state index in [1.807, 2.05) is 0 Å². The first-order valence-electron chi connectivity index (χ1n) is 6.35. The number of anilines is 1. The van der Waals surface area contributed by atoms with Gasteiger partial charge < -0.3 is 10.4 Å². The van der Waals surface area contributed by atoms with Crippen molar-refractivity contribution >= 4 is 29.3 Å². The highest BCUT2D eigenvalue weighted by atomic mass is 32.2. The molecule has 2 rings (SSSR count). The highest BCUT2D eigenvalue weighted by Gasteiger charge is 2.23. The van der Waals surface area contributed by atoms with Crippen molar-refractivity contribution in [1.82, 2.24) is 0 Å². The summed E-state index contributed by atoms with van der Waals surface area (Å²) in [5, 5.41) is 11.9. The van der Waals surface area contributed by atoms with E-state index >= 15 is 0 Å². The minimum absolute atomic E-state index is 0.0602. The zero-order valence-electron chi connectivity index (χ0n) is 10.8. The van der Waals surface area contributed by atoms with Gasteiger partial charge in [-0.1, -0.05) is 18.6 Å². The van der Waals surface area contributed by atoms with Crippen LogP contribution in [0.1, 0.15) is 35.2 Å². The number of benzene rings is 1. The van der Waals surface area contributed by atoms with Gasteiger partial charge in [0.15, 0.2) is 0 Å². The summed E-state index contributed by atoms with van der Waals surface area (Å²) in [6.45, 7) is 1.80. The van der Waals surface area contributed by atoms with Gasteiger partial charge in [0.25, 0.3) is 0 Å². The molecule has 102 valence electrons. The van der Waals surface area contributed by atoms with Gasteiger partial charge >= 0.3 is 5.97 Å². The summed E-state index contributed by atoms with van der Waals surface area (Å²) in [6, 6.07) is 5.00. The van der Waals surface area contributed by atoms with Crippen molar-refractivity contribution < 1.29 is 14.7 Å². The topological polar surface area (TPSA) is 66.4 Å². The van der Waals surface area contributed by atoms with Gasteiger partial charge in [0.05, 0.1) is 16.5 Å². The van der Waals surface area contributed by atoms with E-state index in [1.54, 1.807) is 30.8 Å². The maximum atomic E-state index is 12.2. The maximum Gasteiger partial charge on any atom is 0.337 e. The van der Waals surface area contributed by atoms with Crippen LogP contribution in [0.25, 0.3) is 0 Å². The van der Waals surface area contributed by atoms with Crippen molar-refractivity contribution in [2.75, 3.05) is 11.1 Å². The van der Waals surface area contributed by atoms with Crippen molar-refractivity contribution in [2.45, 2.75) is 31.4 Å². The minimum Gasteiger partial charge on any atom is -0.478 e. The van der Waals surface area contributed by atoms with Crippen molar-refractivity contribution in [1.29, 1.82) is 0 Å². The zero-order valence-corrected chi connectivity index (χ0v) is 11.6. The Morgan fingerprint density at radius 3 is 2.79 bits per heavy atom. The molecule has 1 aliphatic rings. The van der Waals surface area contributed by atoms with Gasteiger partial charge in [0.2, 0.25) is 5.91 Å². The minimum atomic E-state index is -1.02. The molecule has 1 amide bonds. The Balaban J connectivity index is 2.18. The number of carbonyl (C=O) groups is 2. The number of rotatable bonds is 3. The molecule has 1 fully saturated rings. The van der Waals surface area contributed by atoms with Crippen molar-refractivity contribution in [3.05, 3.63) is 29.3 Å². The molecule has 1 atom stereocenters. The van der Waals surface area contributed by atoms with E-state index in [9.17, 15) is 9.59 Å². The van der Waals surface area contributed by atoms with Crippen LogP contribution in [0.2, 0.25) is 0 Å². The van der Waals surface area contributed by atoms with Crippen molar-refractivity contribution in [2.24, 2.45) is 0 Å². The molecular formula is C14H17NO3S. The van der Waals surface area contributed by atoms with Gasteiger partial charge in [-0.15, -0.1) is 11.8 Å². The van der Waals surface area contributed by atoms with Gasteiger partial charge in [0.1, 0.15) is 0 Å². The van der Waals surface area contributed by atoms with E-state index in [0.29, 0.717) is 5.69 Å². The van der Waals surface area contributed by atoms with E-state index in [1.165, 1.54) is 6.07 Å². The standard InChI is InChI=1S/C14H17NO3S/c1-9-5-4-6-10(14(17)18)12(9)15-13(16)11-7-2-3-8-19-11/h4-6,11H,2-3,7-8H2,1H3,(H,15,16)(H,17,18). The van der Waals surface area contributed by atoms with Crippen LogP contribution in [-0.2, 0) is 4.79 Å². The lowest BCUT2D eigenvalue weighted by atomic mass is 10.1. The number of para-hydroxylation sites is 1. The number of carboxylic acid groups (broad SMARTS) is 1. The number of hydrogen-bond donors (Lipinski definition) is 2. The molecule has 19 heavy (non-hydrogen) atoms. The maximum absolute atomic E-state index is 12.2. The van der Waals surface area contributed by atoms with E-state index in [0.717, 1.165) is 30.6 Å². The molecule has 0 bridgehead atoms. The molecule has 2 N–H and O–H groups in total. The molecule has 1 heterocycles. The van der Waals surface area contributed by atoms with Crippen LogP contribution < -0.4 is 5.32 Å². The van der Waals surface area contributed by atoms with Crippen LogP contribution in [0.3, 0.4) is 0 Å². The lowest BCUT2D eigenvalue weighted by Crippen LogP contribution is -2.28. The van der Waals surface area contributed by atoms with Crippen LogP contribution in [0, 0.1) is 6.92 Å². The molecule has 0 spiro atoms. The summed E-state index contributed by atoms with van der Waals surface area (Å²) in [5.74, 6) is -0.103. The molecule has 1 unspecified atom stereocenters. The third-order valence-electron chi connectivity index (χ3n) is 3.22. The van der Waals surface area contributed by atoms with Gasteiger partial charge in [-0.3, -0.25) is 4.79 Å². The van der Waals surface area contributed by atoms with E-state index in [4.69, 9.17) is 5.11 Å². The van der Waals surface area contributed by atoms with E-state index < -0.39 is 5.97 Å². The molecule has 5 heteroatoms. The lowest BCUT2D eigenvalue weighted by Gasteiger charge is -2.21. The molecule has 0 aromatic heterocycles. The Morgan fingerprint density at radius 2 is 2.16 bits per heavy atom. The highest BCUT2D eigenvalue weighted by Crippen LogP contribution is 2.27. The van der Waals surface area contributed by atoms with Crippen LogP contribution in [0.5, 0.6) is 0 Å².